The van der Waals surface area contributed by atoms with Crippen LogP contribution in [0.5, 0.6) is 0 Å². The average molecular weight is 913 g/mol. The van der Waals surface area contributed by atoms with E-state index in [1.165, 1.54) is 139 Å². The molecule has 11 aromatic rings. The molecule has 71 heavy (non-hydrogen) atoms. The molecule has 0 N–H and O–H groups in total. The summed E-state index contributed by atoms with van der Waals surface area (Å²) in [6, 6.07) is 63.5. The summed E-state index contributed by atoms with van der Waals surface area (Å²) in [6.45, 7) is 14.9. The zero-order valence-corrected chi connectivity index (χ0v) is 41.8. The number of hydrogen-bond donors (Lipinski definition) is 0. The maximum Gasteiger partial charge on any atom is 0.252 e. The van der Waals surface area contributed by atoms with Crippen molar-refractivity contribution in [3.8, 4) is 0 Å². The van der Waals surface area contributed by atoms with Crippen molar-refractivity contribution in [3.63, 3.8) is 0 Å². The third-order valence-electron chi connectivity index (χ3n) is 17.2. The monoisotopic (exact) mass is 912 g/mol. The topological polar surface area (TPSA) is 6.48 Å². The van der Waals surface area contributed by atoms with Gasteiger partial charge in [-0.2, -0.15) is 0 Å². The van der Waals surface area contributed by atoms with Crippen LogP contribution in [-0.4, -0.2) is 6.71 Å². The third-order valence-corrected chi connectivity index (χ3v) is 17.2. The summed E-state index contributed by atoms with van der Waals surface area (Å²) in [7, 11) is 0. The van der Waals surface area contributed by atoms with Gasteiger partial charge in [0.1, 0.15) is 0 Å². The quantitative estimate of drug-likeness (QED) is 0.126. The van der Waals surface area contributed by atoms with Crippen LogP contribution in [0, 0.1) is 0 Å². The third kappa shape index (κ3) is 5.67. The Balaban J connectivity index is 1.11. The minimum Gasteiger partial charge on any atom is -0.311 e. The molecule has 2 heterocycles. The van der Waals surface area contributed by atoms with Crippen molar-refractivity contribution in [3.05, 3.63) is 197 Å². The zero-order valence-electron chi connectivity index (χ0n) is 41.8. The molecule has 3 heteroatoms. The van der Waals surface area contributed by atoms with Gasteiger partial charge in [-0.1, -0.05) is 175 Å². The van der Waals surface area contributed by atoms with Crippen LogP contribution in [0.1, 0.15) is 87.8 Å². The molecule has 0 radical (unpaired) electrons. The lowest BCUT2D eigenvalue weighted by Gasteiger charge is -2.48. The molecule has 0 saturated heterocycles. The summed E-state index contributed by atoms with van der Waals surface area (Å²) in [5.74, 6) is 0. The van der Waals surface area contributed by atoms with E-state index in [9.17, 15) is 0 Å². The van der Waals surface area contributed by atoms with Crippen LogP contribution in [0.15, 0.2) is 164 Å². The molecule has 4 aliphatic rings. The van der Waals surface area contributed by atoms with Crippen LogP contribution in [0.25, 0.3) is 64.6 Å². The number of rotatable bonds is 2. The lowest BCUT2D eigenvalue weighted by Crippen LogP contribution is -2.62. The van der Waals surface area contributed by atoms with E-state index < -0.39 is 0 Å². The molecule has 342 valence electrons. The van der Waals surface area contributed by atoms with Gasteiger partial charge < -0.3 is 9.80 Å². The Morgan fingerprint density at radius 3 is 1.27 bits per heavy atom. The SMILES string of the molecule is CC(C)(C)c1c2c(cc3c1N(c1ccc4c5ccccc5c5ccccc5c4c1)c1cccc4c1B3c1cc3c(c(C(C)(C)C)c1N4c1cccc4c5ccccc5c5ccccc5c14)CCC3)CCC2. The van der Waals surface area contributed by atoms with Gasteiger partial charge in [0.2, 0.25) is 0 Å². The molecule has 2 aliphatic carbocycles. The van der Waals surface area contributed by atoms with Crippen molar-refractivity contribution in [2.75, 3.05) is 9.80 Å². The molecule has 0 unspecified atom stereocenters. The van der Waals surface area contributed by atoms with E-state index in [1.807, 2.05) is 0 Å². The van der Waals surface area contributed by atoms with Crippen LogP contribution in [-0.2, 0) is 36.5 Å². The lowest BCUT2D eigenvalue weighted by molar-refractivity contribution is 0.585. The van der Waals surface area contributed by atoms with Crippen LogP contribution in [0.2, 0.25) is 0 Å². The molecule has 0 fully saturated rings. The fraction of sp³-hybridized carbons (Fsp3) is 0.206. The lowest BCUT2D eigenvalue weighted by atomic mass is 9.32. The van der Waals surface area contributed by atoms with Crippen LogP contribution in [0.4, 0.5) is 34.1 Å². The maximum absolute atomic E-state index is 2.77. The number of anilines is 6. The van der Waals surface area contributed by atoms with E-state index >= 15 is 0 Å². The summed E-state index contributed by atoms with van der Waals surface area (Å²) < 4.78 is 0. The molecule has 0 atom stereocenters. The van der Waals surface area contributed by atoms with Gasteiger partial charge in [0, 0.05) is 33.8 Å². The second-order valence-corrected chi connectivity index (χ2v) is 23.3. The highest BCUT2D eigenvalue weighted by atomic mass is 15.2. The van der Waals surface area contributed by atoms with E-state index in [0.29, 0.717) is 0 Å². The molecule has 0 aromatic heterocycles. The highest BCUT2D eigenvalue weighted by Crippen LogP contribution is 2.54. The van der Waals surface area contributed by atoms with Gasteiger partial charge in [0.25, 0.3) is 6.71 Å². The number of benzene rings is 11. The Morgan fingerprint density at radius 2 is 0.761 bits per heavy atom. The number of fused-ring (bicyclic) bond motifs is 18. The Morgan fingerprint density at radius 1 is 0.366 bits per heavy atom. The summed E-state index contributed by atoms with van der Waals surface area (Å²) in [4.78, 5) is 5.51. The molecular formula is C68H57BN2. The fourth-order valence-electron chi connectivity index (χ4n) is 14.7. The van der Waals surface area contributed by atoms with E-state index in [2.05, 4.69) is 215 Å². The predicted molar refractivity (Wildman–Crippen MR) is 307 cm³/mol. The second-order valence-electron chi connectivity index (χ2n) is 23.3. The Labute approximate surface area is 417 Å². The molecular weight excluding hydrogens is 856 g/mol. The standard InChI is InChI=1S/C68H57BN2/c1-67(2,3)62-43-29-15-19-40(43)37-56-65(62)70(42-35-36-52-47-23-8-7-21-45(47)46-22-10-12-27-51(46)55(52)39-42)59-33-18-34-60-64(59)69(56)57-38-41-20-16-30-44(41)63(68(4,5)6)66(57)71(60)58-32-17-31-54-50-25-11-9-24-48(50)49-26-13-14-28-53(49)61(54)58/h7-14,17-18,21-28,31-39H,15-16,19-20,29-30H2,1-6H3. The molecule has 0 amide bonds. The first kappa shape index (κ1) is 41.4. The van der Waals surface area contributed by atoms with Crippen LogP contribution in [0.3, 0.4) is 0 Å². The van der Waals surface area contributed by atoms with Gasteiger partial charge in [-0.05, 0) is 189 Å². The highest BCUT2D eigenvalue weighted by molar-refractivity contribution is 7.00. The molecule has 15 rings (SSSR count). The van der Waals surface area contributed by atoms with Crippen LogP contribution >= 0.6 is 0 Å². The Hall–Kier alpha value is -7.36. The summed E-state index contributed by atoms with van der Waals surface area (Å²) in [5, 5.41) is 15.7. The summed E-state index contributed by atoms with van der Waals surface area (Å²) in [6.07, 6.45) is 6.93. The van der Waals surface area contributed by atoms with Gasteiger partial charge in [-0.15, -0.1) is 0 Å². The maximum atomic E-state index is 2.77. The van der Waals surface area contributed by atoms with Crippen molar-refractivity contribution in [2.45, 2.75) is 90.9 Å². The molecule has 0 saturated carbocycles. The minimum absolute atomic E-state index is 0.0514. The van der Waals surface area contributed by atoms with Gasteiger partial charge in [0.15, 0.2) is 0 Å². The van der Waals surface area contributed by atoms with E-state index in [0.717, 1.165) is 25.7 Å². The second kappa shape index (κ2) is 14.6. The molecule has 0 bridgehead atoms. The van der Waals surface area contributed by atoms with Gasteiger partial charge in [0.05, 0.1) is 5.69 Å². The van der Waals surface area contributed by atoms with Crippen molar-refractivity contribution in [1.82, 2.24) is 0 Å². The first-order chi connectivity index (χ1) is 34.5. The number of hydrogen-bond acceptors (Lipinski definition) is 2. The van der Waals surface area contributed by atoms with E-state index in [4.69, 9.17) is 0 Å². The molecule has 2 nitrogen and oxygen atoms in total. The van der Waals surface area contributed by atoms with E-state index in [1.54, 1.807) is 22.3 Å². The van der Waals surface area contributed by atoms with Gasteiger partial charge in [-0.25, -0.2) is 0 Å². The Kier molecular flexibility index (Phi) is 8.53. The van der Waals surface area contributed by atoms with Crippen molar-refractivity contribution in [2.24, 2.45) is 0 Å². The summed E-state index contributed by atoms with van der Waals surface area (Å²) in [5.41, 5.74) is 21.3. The van der Waals surface area contributed by atoms with E-state index in [-0.39, 0.29) is 17.5 Å². The smallest absolute Gasteiger partial charge is 0.252 e. The minimum atomic E-state index is -0.109. The first-order valence-electron chi connectivity index (χ1n) is 26.3. The summed E-state index contributed by atoms with van der Waals surface area (Å²) >= 11 is 0. The highest BCUT2D eigenvalue weighted by Gasteiger charge is 2.48. The predicted octanol–water partition coefficient (Wildman–Crippen LogP) is 16.3. The first-order valence-corrected chi connectivity index (χ1v) is 26.3. The molecule has 0 spiro atoms. The molecule has 11 aromatic carbocycles. The van der Waals surface area contributed by atoms with Crippen molar-refractivity contribution < 1.29 is 0 Å². The zero-order chi connectivity index (χ0) is 47.7. The van der Waals surface area contributed by atoms with Crippen molar-refractivity contribution in [1.29, 1.82) is 0 Å². The Bertz CT molecular complexity index is 4080. The van der Waals surface area contributed by atoms with Gasteiger partial charge in [-0.3, -0.25) is 0 Å². The fourth-order valence-corrected chi connectivity index (χ4v) is 14.7. The van der Waals surface area contributed by atoms with Gasteiger partial charge >= 0.3 is 0 Å². The normalized spacial score (nSPS) is 15.0. The molecule has 2 aliphatic heterocycles. The average Bonchev–Trinajstić information content (AvgIpc) is 4.07. The largest absolute Gasteiger partial charge is 0.311 e. The number of aryl methyl sites for hydroxylation is 2. The number of nitrogens with zero attached hydrogens (tertiary/aromatic N) is 2. The van der Waals surface area contributed by atoms with Crippen molar-refractivity contribution >= 4 is 122 Å². The van der Waals surface area contributed by atoms with Crippen LogP contribution < -0.4 is 26.2 Å².